The van der Waals surface area contributed by atoms with E-state index in [4.69, 9.17) is 4.74 Å². The molecular weight excluding hydrogens is 338 g/mol. The van der Waals surface area contributed by atoms with Crippen LogP contribution in [0.4, 0.5) is 8.78 Å². The van der Waals surface area contributed by atoms with Gasteiger partial charge in [0, 0.05) is 24.9 Å². The van der Waals surface area contributed by atoms with Crippen LogP contribution in [0.15, 0.2) is 42.6 Å². The lowest BCUT2D eigenvalue weighted by molar-refractivity contribution is 0.207. The van der Waals surface area contributed by atoms with Crippen molar-refractivity contribution in [3.63, 3.8) is 0 Å². The van der Waals surface area contributed by atoms with E-state index in [0.29, 0.717) is 24.9 Å². The number of pyridine rings is 1. The van der Waals surface area contributed by atoms with Crippen molar-refractivity contribution < 1.29 is 21.9 Å². The number of sulfonamides is 1. The number of benzene rings is 1. The van der Waals surface area contributed by atoms with Crippen LogP contribution in [0.5, 0.6) is 5.88 Å². The second-order valence-corrected chi connectivity index (χ2v) is 7.56. The van der Waals surface area contributed by atoms with Gasteiger partial charge in [-0.2, -0.15) is 4.31 Å². The standard InChI is InChI=1S/C16H16F2N2O3S/c17-13-7-12(8-14(18)9-13)11-24(21,22)20-6-4-15(10-20)23-16-3-1-2-5-19-16/h1-3,5,7-9,15H,4,6,10-11H2. The van der Waals surface area contributed by atoms with E-state index < -0.39 is 27.4 Å². The van der Waals surface area contributed by atoms with Crippen LogP contribution in [-0.2, 0) is 15.8 Å². The number of aromatic nitrogens is 1. The molecule has 1 fully saturated rings. The lowest BCUT2D eigenvalue weighted by Crippen LogP contribution is -2.32. The lowest BCUT2D eigenvalue weighted by Gasteiger charge is -2.17. The molecule has 2 heterocycles. The zero-order valence-electron chi connectivity index (χ0n) is 12.7. The average Bonchev–Trinajstić information content (AvgIpc) is 2.96. The van der Waals surface area contributed by atoms with E-state index in [2.05, 4.69) is 4.98 Å². The fourth-order valence-corrected chi connectivity index (χ4v) is 4.18. The van der Waals surface area contributed by atoms with E-state index >= 15 is 0 Å². The van der Waals surface area contributed by atoms with Crippen LogP contribution in [-0.4, -0.2) is 36.9 Å². The highest BCUT2D eigenvalue weighted by atomic mass is 32.2. The first kappa shape index (κ1) is 16.8. The minimum atomic E-state index is -3.67. The SMILES string of the molecule is O=S(=O)(Cc1cc(F)cc(F)c1)N1CCC(Oc2ccccn2)C1. The summed E-state index contributed by atoms with van der Waals surface area (Å²) in [4.78, 5) is 4.04. The van der Waals surface area contributed by atoms with E-state index in [1.54, 1.807) is 24.4 Å². The van der Waals surface area contributed by atoms with Crippen LogP contribution < -0.4 is 4.74 Å². The molecule has 0 spiro atoms. The molecule has 0 bridgehead atoms. The Labute approximate surface area is 138 Å². The van der Waals surface area contributed by atoms with E-state index in [9.17, 15) is 17.2 Å². The quantitative estimate of drug-likeness (QED) is 0.827. The summed E-state index contributed by atoms with van der Waals surface area (Å²) in [7, 11) is -3.67. The first-order valence-electron chi connectivity index (χ1n) is 7.43. The Morgan fingerprint density at radius 3 is 2.62 bits per heavy atom. The van der Waals surface area contributed by atoms with Crippen molar-refractivity contribution in [2.24, 2.45) is 0 Å². The van der Waals surface area contributed by atoms with Gasteiger partial charge in [0.2, 0.25) is 15.9 Å². The topological polar surface area (TPSA) is 59.5 Å². The summed E-state index contributed by atoms with van der Waals surface area (Å²) in [5, 5.41) is 0. The van der Waals surface area contributed by atoms with Crippen LogP contribution in [0.3, 0.4) is 0 Å². The Morgan fingerprint density at radius 1 is 1.21 bits per heavy atom. The van der Waals surface area contributed by atoms with Gasteiger partial charge in [0.05, 0.1) is 12.3 Å². The van der Waals surface area contributed by atoms with Gasteiger partial charge in [-0.25, -0.2) is 22.2 Å². The van der Waals surface area contributed by atoms with Crippen molar-refractivity contribution >= 4 is 10.0 Å². The number of hydrogen-bond donors (Lipinski definition) is 0. The van der Waals surface area contributed by atoms with Gasteiger partial charge in [-0.3, -0.25) is 0 Å². The summed E-state index contributed by atoms with van der Waals surface area (Å²) in [6.45, 7) is 0.494. The molecule has 0 amide bonds. The minimum absolute atomic E-state index is 0.0848. The van der Waals surface area contributed by atoms with Gasteiger partial charge in [-0.15, -0.1) is 0 Å². The average molecular weight is 354 g/mol. The summed E-state index contributed by atoms with van der Waals surface area (Å²) in [6.07, 6.45) is 1.84. The lowest BCUT2D eigenvalue weighted by atomic mass is 10.2. The Balaban J connectivity index is 1.65. The van der Waals surface area contributed by atoms with E-state index in [0.717, 1.165) is 12.1 Å². The fraction of sp³-hybridized carbons (Fsp3) is 0.312. The summed E-state index contributed by atoms with van der Waals surface area (Å²) >= 11 is 0. The van der Waals surface area contributed by atoms with Gasteiger partial charge in [0.25, 0.3) is 0 Å². The third-order valence-electron chi connectivity index (χ3n) is 3.70. The molecule has 1 unspecified atom stereocenters. The summed E-state index contributed by atoms with van der Waals surface area (Å²) in [5.41, 5.74) is 0.0848. The molecule has 24 heavy (non-hydrogen) atoms. The molecule has 2 aromatic rings. The van der Waals surface area contributed by atoms with Gasteiger partial charge in [-0.05, 0) is 30.2 Å². The zero-order valence-corrected chi connectivity index (χ0v) is 13.5. The monoisotopic (exact) mass is 354 g/mol. The van der Waals surface area contributed by atoms with Crippen molar-refractivity contribution in [2.75, 3.05) is 13.1 Å². The van der Waals surface area contributed by atoms with E-state index in [1.807, 2.05) is 0 Å². The molecule has 0 saturated carbocycles. The Morgan fingerprint density at radius 2 is 1.96 bits per heavy atom. The van der Waals surface area contributed by atoms with Crippen LogP contribution in [0.1, 0.15) is 12.0 Å². The highest BCUT2D eigenvalue weighted by molar-refractivity contribution is 7.88. The summed E-state index contributed by atoms with van der Waals surface area (Å²) < 4.78 is 58.2. The molecule has 0 aliphatic carbocycles. The van der Waals surface area contributed by atoms with Gasteiger partial charge >= 0.3 is 0 Å². The second kappa shape index (κ2) is 6.82. The smallest absolute Gasteiger partial charge is 0.218 e. The fourth-order valence-electron chi connectivity index (χ4n) is 2.63. The normalized spacial score (nSPS) is 18.7. The first-order valence-corrected chi connectivity index (χ1v) is 9.04. The maximum atomic E-state index is 13.2. The highest BCUT2D eigenvalue weighted by Gasteiger charge is 2.32. The molecule has 1 saturated heterocycles. The molecule has 128 valence electrons. The summed E-state index contributed by atoms with van der Waals surface area (Å²) in [6, 6.07) is 8.01. The molecule has 0 N–H and O–H groups in total. The largest absolute Gasteiger partial charge is 0.473 e. The third kappa shape index (κ3) is 4.07. The predicted octanol–water partition coefficient (Wildman–Crippen LogP) is 2.34. The van der Waals surface area contributed by atoms with Crippen molar-refractivity contribution in [2.45, 2.75) is 18.3 Å². The van der Waals surface area contributed by atoms with Gasteiger partial charge in [-0.1, -0.05) is 6.07 Å². The van der Waals surface area contributed by atoms with Gasteiger partial charge < -0.3 is 4.74 Å². The van der Waals surface area contributed by atoms with Crippen molar-refractivity contribution in [3.8, 4) is 5.88 Å². The zero-order chi connectivity index (χ0) is 17.2. The predicted molar refractivity (Wildman–Crippen MR) is 83.8 cm³/mol. The van der Waals surface area contributed by atoms with Crippen molar-refractivity contribution in [3.05, 3.63) is 59.8 Å². The maximum Gasteiger partial charge on any atom is 0.218 e. The van der Waals surface area contributed by atoms with Crippen LogP contribution >= 0.6 is 0 Å². The van der Waals surface area contributed by atoms with Crippen LogP contribution in [0.25, 0.3) is 0 Å². The Hall–Kier alpha value is -2.06. The molecule has 1 aliphatic heterocycles. The number of nitrogens with zero attached hydrogens (tertiary/aromatic N) is 2. The van der Waals surface area contributed by atoms with Crippen molar-refractivity contribution in [1.29, 1.82) is 0 Å². The van der Waals surface area contributed by atoms with Crippen LogP contribution in [0, 0.1) is 11.6 Å². The maximum absolute atomic E-state index is 13.2. The van der Waals surface area contributed by atoms with Gasteiger partial charge in [0.1, 0.15) is 17.7 Å². The first-order chi connectivity index (χ1) is 11.4. The molecule has 1 atom stereocenters. The Bertz CT molecular complexity index is 795. The van der Waals surface area contributed by atoms with E-state index in [-0.39, 0.29) is 18.2 Å². The molecule has 3 rings (SSSR count). The number of hydrogen-bond acceptors (Lipinski definition) is 4. The van der Waals surface area contributed by atoms with Gasteiger partial charge in [0.15, 0.2) is 0 Å². The summed E-state index contributed by atoms with van der Waals surface area (Å²) in [5.74, 6) is -1.59. The highest BCUT2D eigenvalue weighted by Crippen LogP contribution is 2.21. The number of ether oxygens (including phenoxy) is 1. The molecule has 5 nitrogen and oxygen atoms in total. The molecule has 1 aromatic carbocycles. The second-order valence-electron chi connectivity index (χ2n) is 5.59. The molecular formula is C16H16F2N2O3S. The molecule has 1 aromatic heterocycles. The van der Waals surface area contributed by atoms with Crippen molar-refractivity contribution in [1.82, 2.24) is 9.29 Å². The molecule has 1 aliphatic rings. The minimum Gasteiger partial charge on any atom is -0.473 e. The van der Waals surface area contributed by atoms with E-state index in [1.165, 1.54) is 4.31 Å². The Kier molecular flexibility index (Phi) is 4.77. The number of rotatable bonds is 5. The molecule has 0 radical (unpaired) electrons. The van der Waals surface area contributed by atoms with Crippen LogP contribution in [0.2, 0.25) is 0 Å². The third-order valence-corrected chi connectivity index (χ3v) is 5.51. The number of halogens is 2. The molecule has 8 heteroatoms.